The summed E-state index contributed by atoms with van der Waals surface area (Å²) >= 11 is 12.9. The van der Waals surface area contributed by atoms with Crippen molar-refractivity contribution in [1.29, 1.82) is 0 Å². The maximum absolute atomic E-state index is 12.6. The minimum Gasteiger partial charge on any atom is -0.489 e. The van der Waals surface area contributed by atoms with Gasteiger partial charge in [0.15, 0.2) is 0 Å². The molecular formula is C30H22Cl2F3NO3. The highest BCUT2D eigenvalue weighted by Crippen LogP contribution is 2.39. The van der Waals surface area contributed by atoms with Crippen molar-refractivity contribution < 1.29 is 27.2 Å². The highest BCUT2D eigenvalue weighted by atomic mass is 35.5. The zero-order valence-corrected chi connectivity index (χ0v) is 22.4. The highest BCUT2D eigenvalue weighted by Gasteiger charge is 2.31. The molecule has 4 nitrogen and oxygen atoms in total. The van der Waals surface area contributed by atoms with Gasteiger partial charge < -0.3 is 14.0 Å². The molecule has 9 heteroatoms. The molecule has 1 heterocycles. The van der Waals surface area contributed by atoms with Gasteiger partial charge in [-0.1, -0.05) is 78.6 Å². The largest absolute Gasteiger partial charge is 0.573 e. The Morgan fingerprint density at radius 2 is 1.49 bits per heavy atom. The van der Waals surface area contributed by atoms with E-state index in [0.29, 0.717) is 38.4 Å². The Bertz CT molecular complexity index is 1630. The molecule has 0 aliphatic carbocycles. The van der Waals surface area contributed by atoms with Crippen molar-refractivity contribution in [2.45, 2.75) is 32.7 Å². The van der Waals surface area contributed by atoms with E-state index in [1.807, 2.05) is 50.2 Å². The van der Waals surface area contributed by atoms with Crippen LogP contribution in [0, 0.1) is 0 Å². The molecule has 4 aromatic carbocycles. The summed E-state index contributed by atoms with van der Waals surface area (Å²) in [5.74, 6) is 1.10. The summed E-state index contributed by atoms with van der Waals surface area (Å²) in [6, 6.07) is 22.4. The molecule has 0 unspecified atom stereocenters. The molecule has 200 valence electrons. The van der Waals surface area contributed by atoms with E-state index < -0.39 is 6.36 Å². The maximum atomic E-state index is 12.6. The predicted molar refractivity (Wildman–Crippen MR) is 146 cm³/mol. The van der Waals surface area contributed by atoms with E-state index in [4.69, 9.17) is 32.5 Å². The molecule has 5 rings (SSSR count). The van der Waals surface area contributed by atoms with E-state index in [9.17, 15) is 13.2 Å². The lowest BCUT2D eigenvalue weighted by molar-refractivity contribution is -0.274. The molecule has 1 aromatic heterocycles. The number of hydrogen-bond donors (Lipinski definition) is 0. The Kier molecular flexibility index (Phi) is 7.47. The summed E-state index contributed by atoms with van der Waals surface area (Å²) < 4.78 is 53.7. The van der Waals surface area contributed by atoms with Crippen LogP contribution in [0.4, 0.5) is 13.2 Å². The molecule has 0 amide bonds. The quantitative estimate of drug-likeness (QED) is 0.195. The molecule has 0 N–H and O–H groups in total. The van der Waals surface area contributed by atoms with Gasteiger partial charge in [0, 0.05) is 11.5 Å². The van der Waals surface area contributed by atoms with Crippen molar-refractivity contribution >= 4 is 34.0 Å². The van der Waals surface area contributed by atoms with E-state index in [1.54, 1.807) is 24.3 Å². The summed E-state index contributed by atoms with van der Waals surface area (Å²) in [5, 5.41) is 6.99. The second kappa shape index (κ2) is 10.8. The Balaban J connectivity index is 1.40. The van der Waals surface area contributed by atoms with Gasteiger partial charge in [0.25, 0.3) is 0 Å². The van der Waals surface area contributed by atoms with Crippen LogP contribution in [0.2, 0.25) is 10.0 Å². The van der Waals surface area contributed by atoms with Gasteiger partial charge >= 0.3 is 6.36 Å². The number of aromatic nitrogens is 1. The molecule has 0 radical (unpaired) electrons. The number of fused-ring (bicyclic) bond motifs is 1. The summed E-state index contributed by atoms with van der Waals surface area (Å²) in [5.41, 5.74) is 3.26. The molecule has 0 saturated carbocycles. The standard InChI is InChI=1S/C30H22Cl2F3NO3/c1-17(2)29-24(28(36-39-29)27-25(31)7-4-8-26(27)32)16-37-22-12-11-20-13-19(9-10-21(20)14-22)18-5-3-6-23(15-18)38-30(33,34)35/h3-15,17H,16H2,1-2H3. The first-order chi connectivity index (χ1) is 18.6. The monoisotopic (exact) mass is 571 g/mol. The SMILES string of the molecule is CC(C)c1onc(-c2c(Cl)cccc2Cl)c1COc1ccc2cc(-c3cccc(OC(F)(F)F)c3)ccc2c1. The van der Waals surface area contributed by atoms with Crippen molar-refractivity contribution in [2.24, 2.45) is 0 Å². The minimum atomic E-state index is -4.75. The van der Waals surface area contributed by atoms with E-state index in [2.05, 4.69) is 9.89 Å². The van der Waals surface area contributed by atoms with Crippen molar-refractivity contribution in [3.63, 3.8) is 0 Å². The fraction of sp³-hybridized carbons (Fsp3) is 0.167. The van der Waals surface area contributed by atoms with Crippen molar-refractivity contribution in [3.05, 3.63) is 100 Å². The van der Waals surface area contributed by atoms with E-state index in [0.717, 1.165) is 21.9 Å². The lowest BCUT2D eigenvalue weighted by Crippen LogP contribution is -2.17. The summed E-state index contributed by atoms with van der Waals surface area (Å²) in [6.45, 7) is 4.19. The van der Waals surface area contributed by atoms with Gasteiger partial charge in [-0.25, -0.2) is 0 Å². The molecule has 0 fully saturated rings. The Morgan fingerprint density at radius 3 is 2.21 bits per heavy atom. The summed E-state index contributed by atoms with van der Waals surface area (Å²) in [6.07, 6.45) is -4.75. The second-order valence-electron chi connectivity index (χ2n) is 9.21. The number of hydrogen-bond acceptors (Lipinski definition) is 4. The third kappa shape index (κ3) is 6.00. The topological polar surface area (TPSA) is 44.5 Å². The van der Waals surface area contributed by atoms with E-state index >= 15 is 0 Å². The lowest BCUT2D eigenvalue weighted by atomic mass is 10.0. The van der Waals surface area contributed by atoms with Crippen LogP contribution >= 0.6 is 23.2 Å². The average Bonchev–Trinajstić information content (AvgIpc) is 3.30. The number of rotatable bonds is 7. The van der Waals surface area contributed by atoms with E-state index in [-0.39, 0.29) is 18.3 Å². The number of ether oxygens (including phenoxy) is 2. The van der Waals surface area contributed by atoms with Crippen LogP contribution in [0.15, 0.2) is 83.4 Å². The number of benzene rings is 4. The van der Waals surface area contributed by atoms with Crippen LogP contribution in [-0.4, -0.2) is 11.5 Å². The Labute approximate surface area is 232 Å². The zero-order valence-electron chi connectivity index (χ0n) is 20.9. The van der Waals surface area contributed by atoms with Crippen LogP contribution in [0.5, 0.6) is 11.5 Å². The normalized spacial score (nSPS) is 11.8. The Morgan fingerprint density at radius 1 is 0.821 bits per heavy atom. The molecule has 0 aliphatic heterocycles. The maximum Gasteiger partial charge on any atom is 0.573 e. The van der Waals surface area contributed by atoms with Crippen molar-refractivity contribution in [1.82, 2.24) is 5.16 Å². The fourth-order valence-electron chi connectivity index (χ4n) is 4.36. The molecule has 0 atom stereocenters. The number of halogens is 5. The van der Waals surface area contributed by atoms with Crippen molar-refractivity contribution in [3.8, 4) is 33.9 Å². The summed E-state index contributed by atoms with van der Waals surface area (Å²) in [7, 11) is 0. The van der Waals surface area contributed by atoms with Gasteiger partial charge in [-0.2, -0.15) is 0 Å². The number of nitrogens with zero attached hydrogens (tertiary/aromatic N) is 1. The third-order valence-corrected chi connectivity index (χ3v) is 6.77. The van der Waals surface area contributed by atoms with Crippen LogP contribution in [-0.2, 0) is 6.61 Å². The molecule has 0 spiro atoms. The van der Waals surface area contributed by atoms with Gasteiger partial charge in [-0.15, -0.1) is 13.2 Å². The predicted octanol–water partition coefficient (Wildman–Crippen LogP) is 10.1. The van der Waals surface area contributed by atoms with Gasteiger partial charge in [-0.05, 0) is 64.4 Å². The van der Waals surface area contributed by atoms with E-state index in [1.165, 1.54) is 18.2 Å². The van der Waals surface area contributed by atoms with Gasteiger partial charge in [0.2, 0.25) is 0 Å². The highest BCUT2D eigenvalue weighted by molar-refractivity contribution is 6.39. The molecule has 0 saturated heterocycles. The molecule has 0 aliphatic rings. The first-order valence-corrected chi connectivity index (χ1v) is 12.8. The average molecular weight is 572 g/mol. The van der Waals surface area contributed by atoms with Crippen LogP contribution in [0.3, 0.4) is 0 Å². The first-order valence-electron chi connectivity index (χ1n) is 12.0. The van der Waals surface area contributed by atoms with Crippen molar-refractivity contribution in [2.75, 3.05) is 0 Å². The minimum absolute atomic E-state index is 0.0566. The fourth-order valence-corrected chi connectivity index (χ4v) is 4.93. The first kappa shape index (κ1) is 26.9. The van der Waals surface area contributed by atoms with Crippen LogP contribution < -0.4 is 9.47 Å². The van der Waals surface area contributed by atoms with Gasteiger partial charge in [0.1, 0.15) is 29.6 Å². The Hall–Kier alpha value is -3.68. The van der Waals surface area contributed by atoms with Gasteiger partial charge in [-0.3, -0.25) is 0 Å². The summed E-state index contributed by atoms with van der Waals surface area (Å²) in [4.78, 5) is 0. The third-order valence-electron chi connectivity index (χ3n) is 6.14. The molecular weight excluding hydrogens is 550 g/mol. The zero-order chi connectivity index (χ0) is 27.7. The number of alkyl halides is 3. The smallest absolute Gasteiger partial charge is 0.489 e. The lowest BCUT2D eigenvalue weighted by Gasteiger charge is -2.12. The molecule has 39 heavy (non-hydrogen) atoms. The molecule has 5 aromatic rings. The van der Waals surface area contributed by atoms with Crippen LogP contribution in [0.1, 0.15) is 31.1 Å². The molecule has 0 bridgehead atoms. The second-order valence-corrected chi connectivity index (χ2v) is 10.0. The van der Waals surface area contributed by atoms with Gasteiger partial charge in [0.05, 0.1) is 15.6 Å². The van der Waals surface area contributed by atoms with Crippen LogP contribution in [0.25, 0.3) is 33.2 Å².